The second-order valence-electron chi connectivity index (χ2n) is 3.92. The molecule has 76 valence electrons. The van der Waals surface area contributed by atoms with Crippen molar-refractivity contribution in [2.45, 2.75) is 19.8 Å². The minimum absolute atomic E-state index is 0.0348. The van der Waals surface area contributed by atoms with Crippen LogP contribution in [0.5, 0.6) is 0 Å². The number of nitrogens with zero attached hydrogens (tertiary/aromatic N) is 2. The lowest BCUT2D eigenvalue weighted by Crippen LogP contribution is -2.34. The maximum atomic E-state index is 7.88. The van der Waals surface area contributed by atoms with Gasteiger partial charge in [0.2, 0.25) is 0 Å². The van der Waals surface area contributed by atoms with E-state index in [1.54, 1.807) is 0 Å². The molecule has 0 bridgehead atoms. The molecule has 2 rings (SSSR count). The molecule has 3 heteroatoms. The van der Waals surface area contributed by atoms with Crippen LogP contribution < -0.4 is 10.6 Å². The predicted octanol–water partition coefficient (Wildman–Crippen LogP) is 1.90. The molecule has 1 aromatic heterocycles. The van der Waals surface area contributed by atoms with Crippen molar-refractivity contribution < 1.29 is 4.11 Å². The number of hydrogen-bond donors (Lipinski definition) is 1. The number of nitrogens with two attached hydrogens (primary N) is 1. The zero-order valence-corrected chi connectivity index (χ0v) is 8.38. The van der Waals surface area contributed by atoms with Crippen molar-refractivity contribution in [3.63, 3.8) is 0 Å². The number of rotatable bonds is 1. The van der Waals surface area contributed by atoms with E-state index in [0.29, 0.717) is 11.6 Å². The molecule has 2 N–H and O–H groups in total. The van der Waals surface area contributed by atoms with E-state index in [4.69, 9.17) is 9.85 Å². The topological polar surface area (TPSA) is 42.1 Å². The Morgan fingerprint density at radius 3 is 3.36 bits per heavy atom. The largest absolute Gasteiger partial charge is 0.396 e. The summed E-state index contributed by atoms with van der Waals surface area (Å²) < 4.78 is 23.0. The van der Waals surface area contributed by atoms with Crippen molar-refractivity contribution in [2.24, 2.45) is 5.92 Å². The molecular formula is C11H17N3. The van der Waals surface area contributed by atoms with Gasteiger partial charge in [-0.1, -0.05) is 6.92 Å². The second kappa shape index (κ2) is 3.86. The van der Waals surface area contributed by atoms with Crippen LogP contribution in [-0.4, -0.2) is 18.1 Å². The van der Waals surface area contributed by atoms with Gasteiger partial charge in [0.05, 0.1) is 21.7 Å². The summed E-state index contributed by atoms with van der Waals surface area (Å²) in [6, 6.07) is 0.0348. The van der Waals surface area contributed by atoms with Crippen LogP contribution in [0.4, 0.5) is 11.4 Å². The monoisotopic (exact) mass is 194 g/mol. The lowest BCUT2D eigenvalue weighted by molar-refractivity contribution is 0.447. The van der Waals surface area contributed by atoms with Crippen LogP contribution in [0.25, 0.3) is 0 Å². The molecule has 1 unspecified atom stereocenters. The number of aromatic nitrogens is 1. The minimum Gasteiger partial charge on any atom is -0.396 e. The molecule has 1 aliphatic rings. The van der Waals surface area contributed by atoms with Crippen LogP contribution in [0.2, 0.25) is 0 Å². The van der Waals surface area contributed by atoms with Crippen LogP contribution in [0, 0.1) is 5.92 Å². The van der Waals surface area contributed by atoms with E-state index in [0.717, 1.165) is 19.5 Å². The summed E-state index contributed by atoms with van der Waals surface area (Å²) in [5.41, 5.74) is 6.57. The van der Waals surface area contributed by atoms with Gasteiger partial charge < -0.3 is 10.6 Å². The lowest BCUT2D eigenvalue weighted by Gasteiger charge is -2.33. The molecule has 1 aliphatic heterocycles. The quantitative estimate of drug-likeness (QED) is 0.742. The molecule has 1 saturated heterocycles. The summed E-state index contributed by atoms with van der Waals surface area (Å²) in [4.78, 5) is 5.66. The molecule has 0 radical (unpaired) electrons. The zero-order chi connectivity index (χ0) is 12.6. The number of hydrogen-bond acceptors (Lipinski definition) is 3. The van der Waals surface area contributed by atoms with E-state index in [1.165, 1.54) is 6.42 Å². The van der Waals surface area contributed by atoms with Crippen LogP contribution in [0.15, 0.2) is 18.4 Å². The average Bonchev–Trinajstić information content (AvgIpc) is 2.27. The SMILES string of the molecule is [2H]c1nc([2H])c(N)c(N2CCCC(C)C2)c1[2H]. The maximum Gasteiger partial charge on any atom is 0.0863 e. The van der Waals surface area contributed by atoms with Crippen LogP contribution in [0.3, 0.4) is 0 Å². The Labute approximate surface area is 89.1 Å². The normalized spacial score (nSPS) is 25.4. The van der Waals surface area contributed by atoms with E-state index in [9.17, 15) is 0 Å². The van der Waals surface area contributed by atoms with Gasteiger partial charge in [-0.05, 0) is 24.8 Å². The molecule has 0 aromatic carbocycles. The first-order valence-electron chi connectivity index (χ1n) is 6.49. The van der Waals surface area contributed by atoms with Gasteiger partial charge in [-0.3, -0.25) is 4.98 Å². The summed E-state index contributed by atoms with van der Waals surface area (Å²) in [5.74, 6) is 0.555. The van der Waals surface area contributed by atoms with Crippen molar-refractivity contribution >= 4 is 11.4 Å². The molecule has 2 heterocycles. The predicted molar refractivity (Wildman–Crippen MR) is 59.3 cm³/mol. The Morgan fingerprint density at radius 2 is 2.57 bits per heavy atom. The van der Waals surface area contributed by atoms with Gasteiger partial charge in [0, 0.05) is 19.3 Å². The van der Waals surface area contributed by atoms with E-state index in [2.05, 4.69) is 11.9 Å². The van der Waals surface area contributed by atoms with E-state index >= 15 is 0 Å². The molecule has 1 aromatic rings. The molecule has 14 heavy (non-hydrogen) atoms. The zero-order valence-electron chi connectivity index (χ0n) is 11.4. The molecule has 1 fully saturated rings. The standard InChI is InChI=1S/C11H17N3/c1-9-3-2-6-14(8-9)11-4-5-13-7-10(11)12/h4-5,7,9H,2-3,6,8,12H2,1H3/i4D,5D,7D. The Balaban J connectivity index is 2.43. The Kier molecular flexibility index (Phi) is 1.73. The summed E-state index contributed by atoms with van der Waals surface area (Å²) in [5, 5.41) is 0. The number of piperidine rings is 1. The average molecular weight is 194 g/mol. The van der Waals surface area contributed by atoms with E-state index < -0.39 is 0 Å². The highest BCUT2D eigenvalue weighted by Gasteiger charge is 2.17. The van der Waals surface area contributed by atoms with Crippen molar-refractivity contribution in [1.82, 2.24) is 4.98 Å². The van der Waals surface area contributed by atoms with Crippen molar-refractivity contribution in [2.75, 3.05) is 23.7 Å². The van der Waals surface area contributed by atoms with Crippen molar-refractivity contribution in [3.05, 3.63) is 18.4 Å². The minimum atomic E-state index is -0.169. The molecule has 0 saturated carbocycles. The van der Waals surface area contributed by atoms with Crippen LogP contribution in [-0.2, 0) is 0 Å². The molecular weight excluding hydrogens is 174 g/mol. The molecule has 3 nitrogen and oxygen atoms in total. The Morgan fingerprint density at radius 1 is 1.71 bits per heavy atom. The molecule has 0 amide bonds. The van der Waals surface area contributed by atoms with Crippen LogP contribution >= 0.6 is 0 Å². The smallest absolute Gasteiger partial charge is 0.0863 e. The molecule has 0 spiro atoms. The first-order chi connectivity index (χ1) is 8.00. The van der Waals surface area contributed by atoms with Gasteiger partial charge in [0.25, 0.3) is 0 Å². The van der Waals surface area contributed by atoms with E-state index in [-0.39, 0.29) is 24.1 Å². The van der Waals surface area contributed by atoms with Gasteiger partial charge >= 0.3 is 0 Å². The highest BCUT2D eigenvalue weighted by atomic mass is 15.1. The number of anilines is 2. The third-order valence-corrected chi connectivity index (χ3v) is 2.63. The Bertz CT molecular complexity index is 410. The third-order valence-electron chi connectivity index (χ3n) is 2.63. The van der Waals surface area contributed by atoms with Crippen molar-refractivity contribution in [3.8, 4) is 0 Å². The Hall–Kier alpha value is -1.25. The summed E-state index contributed by atoms with van der Waals surface area (Å²) >= 11 is 0. The second-order valence-corrected chi connectivity index (χ2v) is 3.92. The van der Waals surface area contributed by atoms with Gasteiger partial charge in [0.1, 0.15) is 0 Å². The van der Waals surface area contributed by atoms with E-state index in [1.807, 2.05) is 4.90 Å². The van der Waals surface area contributed by atoms with Gasteiger partial charge in [-0.15, -0.1) is 0 Å². The fourth-order valence-electron chi connectivity index (χ4n) is 1.93. The number of nitrogen functional groups attached to an aromatic ring is 1. The first kappa shape index (κ1) is 6.27. The maximum absolute atomic E-state index is 7.88. The highest BCUT2D eigenvalue weighted by Crippen LogP contribution is 2.26. The summed E-state index contributed by atoms with van der Waals surface area (Å²) in [6.07, 6.45) is 1.97. The van der Waals surface area contributed by atoms with Gasteiger partial charge in [-0.2, -0.15) is 0 Å². The summed E-state index contributed by atoms with van der Waals surface area (Å²) in [6.45, 7) is 3.83. The number of pyridine rings is 1. The lowest BCUT2D eigenvalue weighted by atomic mass is 10.00. The fraction of sp³-hybridized carbons (Fsp3) is 0.545. The highest BCUT2D eigenvalue weighted by molar-refractivity contribution is 5.66. The fourth-order valence-corrected chi connectivity index (χ4v) is 1.93. The van der Waals surface area contributed by atoms with Gasteiger partial charge in [0.15, 0.2) is 0 Å². The first-order valence-corrected chi connectivity index (χ1v) is 4.99. The third kappa shape index (κ3) is 1.81. The molecule has 1 atom stereocenters. The van der Waals surface area contributed by atoms with Crippen molar-refractivity contribution in [1.29, 1.82) is 0 Å². The summed E-state index contributed by atoms with van der Waals surface area (Å²) in [7, 11) is 0. The van der Waals surface area contributed by atoms with Crippen LogP contribution in [0.1, 0.15) is 23.9 Å². The van der Waals surface area contributed by atoms with Gasteiger partial charge in [-0.25, -0.2) is 0 Å². The molecule has 0 aliphatic carbocycles.